The normalized spacial score (nSPS) is 11.1. The van der Waals surface area contributed by atoms with Crippen LogP contribution in [0.15, 0.2) is 39.4 Å². The van der Waals surface area contributed by atoms with Crippen LogP contribution in [0.3, 0.4) is 0 Å². The smallest absolute Gasteiger partial charge is 0.251 e. The average molecular weight is 215 g/mol. The van der Waals surface area contributed by atoms with Crippen LogP contribution in [0, 0.1) is 0 Å². The Hall–Kier alpha value is -2.14. The van der Waals surface area contributed by atoms with Gasteiger partial charge in [0.15, 0.2) is 0 Å². The highest BCUT2D eigenvalue weighted by molar-refractivity contribution is 5.91. The topological polar surface area (TPSA) is 78.1 Å². The molecule has 0 aliphatic heterocycles. The number of nitrogens with zero attached hydrogens (tertiary/aromatic N) is 2. The second kappa shape index (κ2) is 3.46. The molecule has 0 spiro atoms. The molecule has 0 amide bonds. The Labute approximate surface area is 90.9 Å². The summed E-state index contributed by atoms with van der Waals surface area (Å²) >= 11 is 0. The quantitative estimate of drug-likeness (QED) is 0.706. The van der Waals surface area contributed by atoms with E-state index in [9.17, 15) is 0 Å². The van der Waals surface area contributed by atoms with Gasteiger partial charge in [-0.15, -0.1) is 10.2 Å². The van der Waals surface area contributed by atoms with Crippen molar-refractivity contribution in [1.29, 1.82) is 0 Å². The van der Waals surface area contributed by atoms with Gasteiger partial charge in [0.05, 0.1) is 12.1 Å². The summed E-state index contributed by atoms with van der Waals surface area (Å²) < 4.78 is 10.8. The lowest BCUT2D eigenvalue weighted by Gasteiger charge is -1.89. The molecule has 2 aromatic heterocycles. The Morgan fingerprint density at radius 2 is 2.06 bits per heavy atom. The van der Waals surface area contributed by atoms with Gasteiger partial charge in [0.1, 0.15) is 11.8 Å². The molecule has 0 unspecified atom stereocenters. The lowest BCUT2D eigenvalue weighted by atomic mass is 10.2. The fourth-order valence-electron chi connectivity index (χ4n) is 1.59. The Balaban J connectivity index is 2.18. The third-order valence-corrected chi connectivity index (χ3v) is 2.35. The first-order valence-electron chi connectivity index (χ1n) is 4.87. The number of aromatic nitrogens is 2. The van der Waals surface area contributed by atoms with E-state index in [0.717, 1.165) is 16.5 Å². The summed E-state index contributed by atoms with van der Waals surface area (Å²) in [5.41, 5.74) is 7.00. The van der Waals surface area contributed by atoms with Gasteiger partial charge in [0.2, 0.25) is 5.89 Å². The molecule has 16 heavy (non-hydrogen) atoms. The second-order valence-electron chi connectivity index (χ2n) is 3.35. The van der Waals surface area contributed by atoms with E-state index in [1.54, 1.807) is 6.26 Å². The summed E-state index contributed by atoms with van der Waals surface area (Å²) in [4.78, 5) is 0. The van der Waals surface area contributed by atoms with Gasteiger partial charge in [-0.2, -0.15) is 0 Å². The fraction of sp³-hybridized carbons (Fsp3) is 0.0909. The van der Waals surface area contributed by atoms with Gasteiger partial charge in [-0.25, -0.2) is 0 Å². The van der Waals surface area contributed by atoms with Crippen LogP contribution < -0.4 is 5.73 Å². The Bertz CT molecular complexity index is 627. The highest BCUT2D eigenvalue weighted by Gasteiger charge is 2.13. The van der Waals surface area contributed by atoms with Crippen LogP contribution in [0.25, 0.3) is 22.4 Å². The molecule has 3 aromatic rings. The molecular formula is C11H9N3O2. The van der Waals surface area contributed by atoms with E-state index in [2.05, 4.69) is 10.2 Å². The molecule has 0 aliphatic rings. The van der Waals surface area contributed by atoms with E-state index in [1.165, 1.54) is 0 Å². The highest BCUT2D eigenvalue weighted by atomic mass is 16.4. The van der Waals surface area contributed by atoms with Crippen LogP contribution in [0.4, 0.5) is 0 Å². The van der Waals surface area contributed by atoms with Gasteiger partial charge in [-0.1, -0.05) is 18.2 Å². The van der Waals surface area contributed by atoms with E-state index in [4.69, 9.17) is 14.6 Å². The summed E-state index contributed by atoms with van der Waals surface area (Å²) in [5.74, 6) is 0.852. The van der Waals surface area contributed by atoms with Crippen molar-refractivity contribution < 1.29 is 8.83 Å². The first kappa shape index (κ1) is 9.11. The molecule has 1 aromatic carbocycles. The van der Waals surface area contributed by atoms with E-state index >= 15 is 0 Å². The maximum absolute atomic E-state index is 5.41. The number of fused-ring (bicyclic) bond motifs is 1. The zero-order valence-electron chi connectivity index (χ0n) is 8.38. The molecule has 0 bridgehead atoms. The van der Waals surface area contributed by atoms with Crippen LogP contribution >= 0.6 is 0 Å². The zero-order chi connectivity index (χ0) is 11.0. The molecule has 5 heteroatoms. The number of benzene rings is 1. The predicted octanol–water partition coefficient (Wildman–Crippen LogP) is 1.94. The van der Waals surface area contributed by atoms with Crippen LogP contribution in [0.2, 0.25) is 0 Å². The number of hydrogen-bond donors (Lipinski definition) is 1. The van der Waals surface area contributed by atoms with Crippen LogP contribution in [0.1, 0.15) is 5.89 Å². The molecule has 2 heterocycles. The second-order valence-corrected chi connectivity index (χ2v) is 3.35. The largest absolute Gasteiger partial charge is 0.463 e. The monoisotopic (exact) mass is 215 g/mol. The molecule has 5 nitrogen and oxygen atoms in total. The molecule has 80 valence electrons. The fourth-order valence-corrected chi connectivity index (χ4v) is 1.59. The third kappa shape index (κ3) is 1.30. The maximum atomic E-state index is 5.41. The highest BCUT2D eigenvalue weighted by Crippen LogP contribution is 2.29. The minimum absolute atomic E-state index is 0.239. The zero-order valence-corrected chi connectivity index (χ0v) is 8.38. The van der Waals surface area contributed by atoms with Gasteiger partial charge in [-0.05, 0) is 6.07 Å². The van der Waals surface area contributed by atoms with Crippen molar-refractivity contribution in [2.24, 2.45) is 5.73 Å². The lowest BCUT2D eigenvalue weighted by Crippen LogP contribution is -1.95. The summed E-state index contributed by atoms with van der Waals surface area (Å²) in [6.07, 6.45) is 1.61. The summed E-state index contributed by atoms with van der Waals surface area (Å²) in [6, 6.07) is 7.68. The van der Waals surface area contributed by atoms with Crippen molar-refractivity contribution in [3.63, 3.8) is 0 Å². The Morgan fingerprint density at radius 1 is 1.19 bits per heavy atom. The van der Waals surface area contributed by atoms with Crippen molar-refractivity contribution in [3.05, 3.63) is 36.4 Å². The average Bonchev–Trinajstić information content (AvgIpc) is 2.94. The van der Waals surface area contributed by atoms with Gasteiger partial charge < -0.3 is 14.6 Å². The molecule has 0 aliphatic carbocycles. The van der Waals surface area contributed by atoms with Crippen molar-refractivity contribution in [3.8, 4) is 11.5 Å². The predicted molar refractivity (Wildman–Crippen MR) is 57.4 cm³/mol. The maximum Gasteiger partial charge on any atom is 0.251 e. The van der Waals surface area contributed by atoms with Crippen molar-refractivity contribution in [2.45, 2.75) is 6.54 Å². The SMILES string of the molecule is NCc1nnc(-c2coc3ccccc23)o1. The van der Waals surface area contributed by atoms with Crippen molar-refractivity contribution in [1.82, 2.24) is 10.2 Å². The van der Waals surface area contributed by atoms with Crippen LogP contribution in [0.5, 0.6) is 0 Å². The van der Waals surface area contributed by atoms with Gasteiger partial charge in [-0.3, -0.25) is 0 Å². The molecule has 2 N–H and O–H groups in total. The lowest BCUT2D eigenvalue weighted by molar-refractivity contribution is 0.507. The van der Waals surface area contributed by atoms with E-state index in [-0.39, 0.29) is 6.54 Å². The van der Waals surface area contributed by atoms with Gasteiger partial charge >= 0.3 is 0 Å². The van der Waals surface area contributed by atoms with E-state index in [1.807, 2.05) is 24.3 Å². The minimum atomic E-state index is 0.239. The molecule has 0 saturated carbocycles. The Morgan fingerprint density at radius 3 is 2.88 bits per heavy atom. The number of rotatable bonds is 2. The first-order valence-corrected chi connectivity index (χ1v) is 4.87. The van der Waals surface area contributed by atoms with E-state index < -0.39 is 0 Å². The Kier molecular flexibility index (Phi) is 1.97. The molecule has 0 fully saturated rings. The number of hydrogen-bond acceptors (Lipinski definition) is 5. The third-order valence-electron chi connectivity index (χ3n) is 2.35. The summed E-state index contributed by atoms with van der Waals surface area (Å²) in [6.45, 7) is 0.239. The summed E-state index contributed by atoms with van der Waals surface area (Å²) in [5, 5.41) is 8.69. The molecule has 0 saturated heterocycles. The standard InChI is InChI=1S/C11H9N3O2/c12-5-10-13-14-11(16-10)8-6-15-9-4-2-1-3-7(8)9/h1-4,6H,5,12H2. The molecule has 3 rings (SSSR count). The number of nitrogens with two attached hydrogens (primary N) is 1. The van der Waals surface area contributed by atoms with Gasteiger partial charge in [0.25, 0.3) is 5.89 Å². The minimum Gasteiger partial charge on any atom is -0.463 e. The van der Waals surface area contributed by atoms with Gasteiger partial charge in [0, 0.05) is 5.39 Å². The molecular weight excluding hydrogens is 206 g/mol. The van der Waals surface area contributed by atoms with Crippen molar-refractivity contribution in [2.75, 3.05) is 0 Å². The number of furan rings is 1. The van der Waals surface area contributed by atoms with Crippen molar-refractivity contribution >= 4 is 11.0 Å². The number of para-hydroxylation sites is 1. The molecule has 0 atom stereocenters. The van der Waals surface area contributed by atoms with Crippen LogP contribution in [-0.2, 0) is 6.54 Å². The first-order chi connectivity index (χ1) is 7.88. The summed E-state index contributed by atoms with van der Waals surface area (Å²) in [7, 11) is 0. The van der Waals surface area contributed by atoms with E-state index in [0.29, 0.717) is 11.8 Å². The molecule has 0 radical (unpaired) electrons. The van der Waals surface area contributed by atoms with Crippen LogP contribution in [-0.4, -0.2) is 10.2 Å².